The third-order valence-corrected chi connectivity index (χ3v) is 9.79. The van der Waals surface area contributed by atoms with Crippen molar-refractivity contribution >= 4 is 23.5 Å². The van der Waals surface area contributed by atoms with Gasteiger partial charge in [0.1, 0.15) is 41.0 Å². The minimum absolute atomic E-state index is 0.0404. The fourth-order valence-electron chi connectivity index (χ4n) is 6.54. The highest BCUT2D eigenvalue weighted by Crippen LogP contribution is 2.42. The van der Waals surface area contributed by atoms with Crippen molar-refractivity contribution in [3.8, 4) is 40.1 Å². The van der Waals surface area contributed by atoms with Crippen LogP contribution in [0.5, 0.6) is 23.0 Å². The average molecular weight is 847 g/mol. The molecule has 1 fully saturated rings. The molecule has 1 aliphatic rings. The highest BCUT2D eigenvalue weighted by molar-refractivity contribution is 6.01. The number of aliphatic hydroxyl groups excluding tert-OH is 2. The molecule has 1 saturated heterocycles. The van der Waals surface area contributed by atoms with Gasteiger partial charge in [0.25, 0.3) is 11.8 Å². The molecule has 4 atom stereocenters. The van der Waals surface area contributed by atoms with Crippen LogP contribution in [0.4, 0.5) is 14.6 Å². The molecule has 0 radical (unpaired) electrons. The zero-order valence-corrected chi connectivity index (χ0v) is 33.5. The largest absolute Gasteiger partial charge is 0.508 e. The number of phenolic OH excluding ortho intramolecular Hbond substituents is 2. The van der Waals surface area contributed by atoms with E-state index in [0.29, 0.717) is 33.9 Å². The molecule has 6 rings (SSSR count). The summed E-state index contributed by atoms with van der Waals surface area (Å²) in [6.07, 6.45) is -5.33. The number of benzene rings is 3. The third kappa shape index (κ3) is 9.05. The van der Waals surface area contributed by atoms with Crippen LogP contribution in [0.2, 0.25) is 0 Å². The number of aliphatic hydroxyl groups is 2. The molecule has 1 aliphatic heterocycles. The van der Waals surface area contributed by atoms with E-state index in [4.69, 9.17) is 9.47 Å². The summed E-state index contributed by atoms with van der Waals surface area (Å²) < 4.78 is 42.1. The molecule has 3 heterocycles. The number of hydrogen-bond acceptors (Lipinski definition) is 13. The molecule has 5 aromatic rings. The highest BCUT2D eigenvalue weighted by Gasteiger charge is 2.59. The second kappa shape index (κ2) is 17.8. The van der Waals surface area contributed by atoms with Gasteiger partial charge < -0.3 is 45.9 Å². The van der Waals surface area contributed by atoms with Crippen LogP contribution in [0, 0.1) is 5.92 Å². The summed E-state index contributed by atoms with van der Waals surface area (Å²) in [5.74, 6) is -6.08. The second-order valence-corrected chi connectivity index (χ2v) is 14.8. The summed E-state index contributed by atoms with van der Waals surface area (Å²) in [5, 5.41) is 56.3. The van der Waals surface area contributed by atoms with E-state index in [-0.39, 0.29) is 46.0 Å². The number of halogens is 2. The molecule has 3 amide bonds. The third-order valence-electron chi connectivity index (χ3n) is 9.79. The summed E-state index contributed by atoms with van der Waals surface area (Å²) in [6, 6.07) is 15.4. The Hall–Kier alpha value is -6.77. The maximum atomic E-state index is 14.6. The number of alkyl halides is 2. The van der Waals surface area contributed by atoms with Crippen LogP contribution in [0.3, 0.4) is 0 Å². The zero-order chi connectivity index (χ0) is 44.3. The van der Waals surface area contributed by atoms with E-state index in [2.05, 4.69) is 31.1 Å². The molecule has 0 saturated carbocycles. The lowest BCUT2D eigenvalue weighted by Crippen LogP contribution is -2.47. The number of amides is 3. The van der Waals surface area contributed by atoms with E-state index in [1.807, 2.05) is 13.8 Å². The smallest absolute Gasteiger partial charge is 0.351 e. The Morgan fingerprint density at radius 2 is 1.59 bits per heavy atom. The molecule has 18 nitrogen and oxygen atoms in total. The minimum atomic E-state index is -3.92. The van der Waals surface area contributed by atoms with Crippen molar-refractivity contribution in [2.75, 3.05) is 18.5 Å². The molecular weight excluding hydrogens is 802 g/mol. The summed E-state index contributed by atoms with van der Waals surface area (Å²) in [4.78, 5) is 55.8. The molecule has 0 aliphatic carbocycles. The predicted octanol–water partition coefficient (Wildman–Crippen LogP) is 3.85. The molecular formula is C41H44F2N8O10. The van der Waals surface area contributed by atoms with Gasteiger partial charge in [-0.25, -0.2) is 4.79 Å². The lowest BCUT2D eigenvalue weighted by Gasteiger charge is -2.22. The van der Waals surface area contributed by atoms with E-state index in [9.17, 15) is 48.4 Å². The van der Waals surface area contributed by atoms with Crippen molar-refractivity contribution < 1.29 is 53.1 Å². The van der Waals surface area contributed by atoms with Crippen molar-refractivity contribution in [3.63, 3.8) is 0 Å². The molecule has 2 aromatic heterocycles. The van der Waals surface area contributed by atoms with Crippen LogP contribution in [0.15, 0.2) is 77.7 Å². The van der Waals surface area contributed by atoms with Gasteiger partial charge in [-0.15, -0.1) is 10.2 Å². The first-order chi connectivity index (χ1) is 28.9. The van der Waals surface area contributed by atoms with E-state index >= 15 is 0 Å². The molecule has 0 unspecified atom stereocenters. The fraction of sp³-hybridized carbons (Fsp3) is 0.341. The van der Waals surface area contributed by atoms with Crippen LogP contribution in [0.1, 0.15) is 73.3 Å². The normalized spacial score (nSPS) is 17.6. The number of aromatic nitrogens is 5. The van der Waals surface area contributed by atoms with Crippen molar-refractivity contribution in [2.24, 2.45) is 5.92 Å². The number of hydrogen-bond donors (Lipinski definition) is 7. The second-order valence-electron chi connectivity index (χ2n) is 14.8. The lowest BCUT2D eigenvalue weighted by molar-refractivity contribution is -0.141. The Morgan fingerprint density at radius 1 is 0.934 bits per heavy atom. The van der Waals surface area contributed by atoms with Crippen molar-refractivity contribution in [2.45, 2.75) is 70.9 Å². The Morgan fingerprint density at radius 3 is 2.16 bits per heavy atom. The topological polar surface area (TPSA) is 252 Å². The molecule has 20 heteroatoms. The van der Waals surface area contributed by atoms with Crippen molar-refractivity contribution in [3.05, 3.63) is 100 Å². The highest BCUT2D eigenvalue weighted by atomic mass is 19.3. The first-order valence-electron chi connectivity index (χ1n) is 19.2. The Labute approximate surface area is 346 Å². The zero-order valence-electron chi connectivity index (χ0n) is 33.5. The van der Waals surface area contributed by atoms with Crippen LogP contribution < -0.4 is 26.4 Å². The van der Waals surface area contributed by atoms with Gasteiger partial charge in [-0.2, -0.15) is 13.8 Å². The number of aromatic hydroxyl groups is 2. The molecule has 0 spiro atoms. The first-order valence-corrected chi connectivity index (χ1v) is 19.2. The Balaban J connectivity index is 1.13. The van der Waals surface area contributed by atoms with Gasteiger partial charge >= 0.3 is 11.6 Å². The maximum absolute atomic E-state index is 14.6. The van der Waals surface area contributed by atoms with Crippen molar-refractivity contribution in [1.82, 2.24) is 34.9 Å². The molecule has 61 heavy (non-hydrogen) atoms. The number of carbonyl (C=O) groups excluding carboxylic acids is 3. The summed E-state index contributed by atoms with van der Waals surface area (Å²) >= 11 is 0. The van der Waals surface area contributed by atoms with Crippen LogP contribution in [-0.2, 0) is 9.53 Å². The van der Waals surface area contributed by atoms with Gasteiger partial charge in [0.2, 0.25) is 18.0 Å². The minimum Gasteiger partial charge on any atom is -0.508 e. The van der Waals surface area contributed by atoms with E-state index in [1.165, 1.54) is 34.9 Å². The molecule has 3 aromatic carbocycles. The number of rotatable bonds is 14. The van der Waals surface area contributed by atoms with Gasteiger partial charge in [0, 0.05) is 30.1 Å². The molecule has 7 N–H and O–H groups in total. The van der Waals surface area contributed by atoms with Gasteiger partial charge in [-0.1, -0.05) is 27.7 Å². The maximum Gasteiger partial charge on any atom is 0.351 e. The molecule has 322 valence electrons. The number of carbonyl (C=O) groups is 3. The number of anilines is 1. The first kappa shape index (κ1) is 43.8. The SMILES string of the molecule is CCNC(=O)c1nnc(-c2cc(C(C)C)c(O)cc2O)n1-c1ccc(Oc2ccc(C(=O)N[C@H](C(=O)Nc3ccn([C@@H]4O[C@H](CO)[C@@H](O)C4(F)F)c(=O)n3)C(C)C)cc2)cc1. The number of phenols is 2. The number of ether oxygens (including phenoxy) is 2. The van der Waals surface area contributed by atoms with Crippen LogP contribution in [-0.4, -0.2) is 99.8 Å². The lowest BCUT2D eigenvalue weighted by atomic mass is 9.98. The summed E-state index contributed by atoms with van der Waals surface area (Å²) in [7, 11) is 0. The van der Waals surface area contributed by atoms with E-state index in [1.54, 1.807) is 51.1 Å². The summed E-state index contributed by atoms with van der Waals surface area (Å²) in [6.45, 7) is 8.29. The van der Waals surface area contributed by atoms with Gasteiger partial charge in [0.05, 0.1) is 12.2 Å². The van der Waals surface area contributed by atoms with E-state index in [0.717, 1.165) is 12.3 Å². The Kier molecular flexibility index (Phi) is 12.8. The summed E-state index contributed by atoms with van der Waals surface area (Å²) in [5.41, 5.74) is 0.232. The van der Waals surface area contributed by atoms with Gasteiger partial charge in [-0.05, 0) is 85.0 Å². The average Bonchev–Trinajstić information content (AvgIpc) is 3.75. The monoisotopic (exact) mass is 846 g/mol. The number of nitrogens with zero attached hydrogens (tertiary/aromatic N) is 5. The predicted molar refractivity (Wildman–Crippen MR) is 214 cm³/mol. The van der Waals surface area contributed by atoms with E-state index < -0.39 is 66.3 Å². The standard InChI is InChI=1S/C41H44F2N8O10/c1-6-44-38(58)35-49-48-34(27-17-26(20(2)3)28(53)18-29(27)54)51(35)23-9-13-25(14-10-23)60-24-11-7-22(8-12-24)36(56)47-32(21(4)5)37(57)45-31-15-16-50(40(59)46-31)39-41(42,43)33(55)30(19-52)61-39/h7-18,20-21,30,32-33,39,52-55H,6,19H2,1-5H3,(H,44,58)(H,47,56)(H,45,46,57,59)/t30-,32+,33-,39-/m1/s1. The quantitative estimate of drug-likeness (QED) is 0.0840. The van der Waals surface area contributed by atoms with Gasteiger partial charge in [-0.3, -0.25) is 23.5 Å². The van der Waals surface area contributed by atoms with Crippen molar-refractivity contribution in [1.29, 1.82) is 0 Å². The molecule has 0 bridgehead atoms. The fourth-order valence-corrected chi connectivity index (χ4v) is 6.54. The number of nitrogens with one attached hydrogen (secondary N) is 3. The Bertz CT molecular complexity index is 2470. The van der Waals surface area contributed by atoms with Crippen LogP contribution >= 0.6 is 0 Å². The van der Waals surface area contributed by atoms with Gasteiger partial charge in [0.15, 0.2) is 11.9 Å². The van der Waals surface area contributed by atoms with Crippen LogP contribution in [0.25, 0.3) is 17.1 Å².